The van der Waals surface area contributed by atoms with Gasteiger partial charge in [0.25, 0.3) is 0 Å². The monoisotopic (exact) mass is 303 g/mol. The first-order valence-corrected chi connectivity index (χ1v) is 7.33. The van der Waals surface area contributed by atoms with Gasteiger partial charge in [-0.15, -0.1) is 0 Å². The third-order valence-corrected chi connectivity index (χ3v) is 4.06. The summed E-state index contributed by atoms with van der Waals surface area (Å²) in [6.45, 7) is 0. The van der Waals surface area contributed by atoms with E-state index in [9.17, 15) is 9.18 Å². The van der Waals surface area contributed by atoms with E-state index in [1.165, 1.54) is 23.4 Å². The van der Waals surface area contributed by atoms with E-state index >= 15 is 0 Å². The zero-order valence-corrected chi connectivity index (χ0v) is 12.1. The first-order chi connectivity index (χ1) is 10.6. The van der Waals surface area contributed by atoms with Crippen molar-refractivity contribution in [2.45, 2.75) is 31.7 Å². The maximum absolute atomic E-state index is 14.1. The molecule has 2 aromatic rings. The summed E-state index contributed by atoms with van der Waals surface area (Å²) in [5.74, 6) is -0.379. The molecule has 6 nitrogen and oxygen atoms in total. The highest BCUT2D eigenvalue weighted by molar-refractivity contribution is 5.91. The van der Waals surface area contributed by atoms with Crippen LogP contribution in [-0.2, 0) is 4.79 Å². The lowest BCUT2D eigenvalue weighted by molar-refractivity contribution is -0.117. The molecule has 1 aromatic heterocycles. The second-order valence-corrected chi connectivity index (χ2v) is 5.61. The number of nitrogens with zero attached hydrogens (tertiary/aromatic N) is 3. The third-order valence-electron chi connectivity index (χ3n) is 4.06. The number of rotatable bonds is 4. The number of carbonyl (C=O) groups excluding carboxylic acids is 1. The number of carbonyl (C=O) groups is 1. The van der Waals surface area contributed by atoms with Crippen molar-refractivity contribution in [3.8, 4) is 5.69 Å². The van der Waals surface area contributed by atoms with Crippen LogP contribution in [0, 0.1) is 11.7 Å². The number of nitrogens with two attached hydrogens (primary N) is 1. The lowest BCUT2D eigenvalue weighted by Gasteiger charge is -2.15. The molecule has 0 saturated heterocycles. The Bertz CT molecular complexity index is 658. The molecular formula is C15H18FN5O. The van der Waals surface area contributed by atoms with Crippen molar-refractivity contribution >= 4 is 11.6 Å². The van der Waals surface area contributed by atoms with Gasteiger partial charge in [0.1, 0.15) is 18.3 Å². The number of aromatic nitrogens is 3. The number of amides is 1. The Kier molecular flexibility index (Phi) is 4.15. The van der Waals surface area contributed by atoms with E-state index in [2.05, 4.69) is 15.4 Å². The lowest BCUT2D eigenvalue weighted by atomic mass is 10.00. The Morgan fingerprint density at radius 2 is 2.32 bits per heavy atom. The minimum atomic E-state index is -0.471. The highest BCUT2D eigenvalue weighted by atomic mass is 19.1. The Balaban J connectivity index is 1.65. The first-order valence-electron chi connectivity index (χ1n) is 7.33. The molecule has 7 heteroatoms. The van der Waals surface area contributed by atoms with Crippen molar-refractivity contribution in [1.29, 1.82) is 0 Å². The molecule has 3 rings (SSSR count). The molecule has 0 bridgehead atoms. The Morgan fingerprint density at radius 1 is 1.45 bits per heavy atom. The van der Waals surface area contributed by atoms with Crippen LogP contribution in [0.5, 0.6) is 0 Å². The number of halogens is 1. The summed E-state index contributed by atoms with van der Waals surface area (Å²) in [6.07, 6.45) is 6.15. The van der Waals surface area contributed by atoms with Gasteiger partial charge in [0, 0.05) is 18.2 Å². The van der Waals surface area contributed by atoms with Crippen molar-refractivity contribution in [3.05, 3.63) is 36.7 Å². The highest BCUT2D eigenvalue weighted by Gasteiger charge is 2.26. The molecule has 0 unspecified atom stereocenters. The van der Waals surface area contributed by atoms with E-state index in [0.717, 1.165) is 19.3 Å². The summed E-state index contributed by atoms with van der Waals surface area (Å²) in [4.78, 5) is 15.8. The molecule has 3 N–H and O–H groups in total. The fraction of sp³-hybridized carbons (Fsp3) is 0.400. The zero-order valence-electron chi connectivity index (χ0n) is 12.1. The highest BCUT2D eigenvalue weighted by Crippen LogP contribution is 2.27. The van der Waals surface area contributed by atoms with E-state index in [4.69, 9.17) is 5.73 Å². The molecule has 1 aliphatic rings. The summed E-state index contributed by atoms with van der Waals surface area (Å²) in [5, 5.41) is 6.60. The van der Waals surface area contributed by atoms with Crippen molar-refractivity contribution in [2.24, 2.45) is 11.7 Å². The molecule has 116 valence electrons. The second-order valence-electron chi connectivity index (χ2n) is 5.61. The van der Waals surface area contributed by atoms with Crippen molar-refractivity contribution in [3.63, 3.8) is 0 Å². The van der Waals surface area contributed by atoms with Gasteiger partial charge in [0.15, 0.2) is 5.82 Å². The summed E-state index contributed by atoms with van der Waals surface area (Å²) < 4.78 is 15.4. The number of benzene rings is 1. The van der Waals surface area contributed by atoms with Gasteiger partial charge in [-0.25, -0.2) is 14.1 Å². The Hall–Kier alpha value is -2.28. The van der Waals surface area contributed by atoms with E-state index in [0.29, 0.717) is 12.1 Å². The van der Waals surface area contributed by atoms with Gasteiger partial charge in [-0.3, -0.25) is 4.79 Å². The van der Waals surface area contributed by atoms with Crippen LogP contribution in [-0.4, -0.2) is 26.7 Å². The van der Waals surface area contributed by atoms with E-state index in [1.54, 1.807) is 12.1 Å². The predicted octanol–water partition coefficient (Wildman–Crippen LogP) is 1.86. The Morgan fingerprint density at radius 3 is 2.95 bits per heavy atom. The number of hydrogen-bond acceptors (Lipinski definition) is 4. The fourth-order valence-electron chi connectivity index (χ4n) is 2.87. The summed E-state index contributed by atoms with van der Waals surface area (Å²) in [7, 11) is 0. The van der Waals surface area contributed by atoms with Gasteiger partial charge in [-0.2, -0.15) is 5.10 Å². The molecular weight excluding hydrogens is 285 g/mol. The van der Waals surface area contributed by atoms with Crippen LogP contribution in [0.15, 0.2) is 30.9 Å². The topological polar surface area (TPSA) is 85.8 Å². The Labute approximate surface area is 127 Å². The predicted molar refractivity (Wildman–Crippen MR) is 79.9 cm³/mol. The van der Waals surface area contributed by atoms with Crippen molar-refractivity contribution in [2.75, 3.05) is 5.32 Å². The molecule has 1 saturated carbocycles. The molecule has 0 spiro atoms. The smallest absolute Gasteiger partial charge is 0.224 e. The molecule has 1 fully saturated rings. The molecule has 0 aliphatic heterocycles. The van der Waals surface area contributed by atoms with Crippen LogP contribution >= 0.6 is 0 Å². The van der Waals surface area contributed by atoms with Crippen LogP contribution in [0.25, 0.3) is 5.69 Å². The summed E-state index contributed by atoms with van der Waals surface area (Å²) in [6, 6.07) is 4.58. The second kappa shape index (κ2) is 6.23. The average Bonchev–Trinajstić information content (AvgIpc) is 3.12. The van der Waals surface area contributed by atoms with Gasteiger partial charge in [0.2, 0.25) is 5.91 Å². The fourth-order valence-corrected chi connectivity index (χ4v) is 2.87. The van der Waals surface area contributed by atoms with Crippen LogP contribution < -0.4 is 11.1 Å². The van der Waals surface area contributed by atoms with Gasteiger partial charge in [-0.1, -0.05) is 6.42 Å². The lowest BCUT2D eigenvalue weighted by Crippen LogP contribution is -2.28. The van der Waals surface area contributed by atoms with Gasteiger partial charge < -0.3 is 11.1 Å². The summed E-state index contributed by atoms with van der Waals surface area (Å²) in [5.41, 5.74) is 6.68. The van der Waals surface area contributed by atoms with Crippen molar-refractivity contribution in [1.82, 2.24) is 14.8 Å². The molecule has 22 heavy (non-hydrogen) atoms. The zero-order chi connectivity index (χ0) is 15.5. The summed E-state index contributed by atoms with van der Waals surface area (Å²) >= 11 is 0. The quantitative estimate of drug-likeness (QED) is 0.902. The normalized spacial score (nSPS) is 21.0. The molecule has 1 heterocycles. The number of anilines is 1. The van der Waals surface area contributed by atoms with Crippen LogP contribution in [0.4, 0.5) is 10.1 Å². The van der Waals surface area contributed by atoms with E-state index in [1.807, 2.05) is 0 Å². The average molecular weight is 303 g/mol. The van der Waals surface area contributed by atoms with Gasteiger partial charge in [-0.05, 0) is 37.0 Å². The number of hydrogen-bond donors (Lipinski definition) is 2. The molecule has 0 radical (unpaired) electrons. The van der Waals surface area contributed by atoms with E-state index in [-0.39, 0.29) is 23.6 Å². The van der Waals surface area contributed by atoms with Gasteiger partial charge in [0.05, 0.1) is 0 Å². The minimum absolute atomic E-state index is 0.0946. The molecule has 1 aliphatic carbocycles. The van der Waals surface area contributed by atoms with Gasteiger partial charge >= 0.3 is 0 Å². The SMILES string of the molecule is N[C@@H]1CCC[C@H]1CC(=O)Nc1ccc(-n2cncn2)c(F)c1. The maximum Gasteiger partial charge on any atom is 0.224 e. The standard InChI is InChI=1S/C15H18FN5O/c16-12-7-11(4-5-14(12)21-9-18-8-19-21)20-15(22)6-10-2-1-3-13(10)17/h4-5,7-10,13H,1-3,6,17H2,(H,20,22)/t10-,13+/m0/s1. The molecule has 2 atom stereocenters. The molecule has 1 amide bonds. The van der Waals surface area contributed by atoms with Crippen LogP contribution in [0.3, 0.4) is 0 Å². The minimum Gasteiger partial charge on any atom is -0.327 e. The first kappa shape index (κ1) is 14.6. The van der Waals surface area contributed by atoms with E-state index < -0.39 is 5.82 Å². The number of nitrogens with one attached hydrogen (secondary N) is 1. The van der Waals surface area contributed by atoms with Crippen LogP contribution in [0.1, 0.15) is 25.7 Å². The third kappa shape index (κ3) is 3.14. The molecule has 1 aromatic carbocycles. The maximum atomic E-state index is 14.1. The largest absolute Gasteiger partial charge is 0.327 e. The van der Waals surface area contributed by atoms with Crippen molar-refractivity contribution < 1.29 is 9.18 Å². The van der Waals surface area contributed by atoms with Crippen LogP contribution in [0.2, 0.25) is 0 Å².